The van der Waals surface area contributed by atoms with Gasteiger partial charge < -0.3 is 5.73 Å². The fraction of sp³-hybridized carbons (Fsp3) is 0.333. The average Bonchev–Trinajstić information content (AvgIpc) is 2.03. The molecule has 0 saturated heterocycles. The van der Waals surface area contributed by atoms with Gasteiger partial charge in [0.2, 0.25) is 0 Å². The molecule has 1 nitrogen and oxygen atoms in total. The number of benzene rings is 1. The third-order valence-electron chi connectivity index (χ3n) is 1.51. The zero-order chi connectivity index (χ0) is 7.23. The minimum atomic E-state index is 0. The molecule has 0 amide bonds. The minimum absolute atomic E-state index is 0. The molecule has 0 radical (unpaired) electrons. The van der Waals surface area contributed by atoms with Crippen molar-refractivity contribution in [3.05, 3.63) is 35.9 Å². The van der Waals surface area contributed by atoms with Crippen molar-refractivity contribution < 1.29 is 0 Å². The highest BCUT2D eigenvalue weighted by atomic mass is 127. The largest absolute Gasteiger partial charge is 0.330 e. The number of hydrogen-bond acceptors (Lipinski definition) is 1. The van der Waals surface area contributed by atoms with Gasteiger partial charge in [-0.2, -0.15) is 0 Å². The SMILES string of the molecule is I.NCCCc1ccccc1. The molecule has 1 aromatic carbocycles. The maximum atomic E-state index is 5.38. The van der Waals surface area contributed by atoms with E-state index in [1.807, 2.05) is 6.07 Å². The Morgan fingerprint density at radius 3 is 2.27 bits per heavy atom. The molecule has 1 rings (SSSR count). The second-order valence-electron chi connectivity index (χ2n) is 2.38. The Morgan fingerprint density at radius 1 is 1.09 bits per heavy atom. The lowest BCUT2D eigenvalue weighted by Crippen LogP contribution is -1.99. The Labute approximate surface area is 85.0 Å². The van der Waals surface area contributed by atoms with Crippen molar-refractivity contribution in [3.8, 4) is 0 Å². The van der Waals surface area contributed by atoms with Crippen LogP contribution in [0.3, 0.4) is 0 Å². The summed E-state index contributed by atoms with van der Waals surface area (Å²) >= 11 is 0. The zero-order valence-corrected chi connectivity index (χ0v) is 8.82. The summed E-state index contributed by atoms with van der Waals surface area (Å²) < 4.78 is 0. The molecular formula is C9H14IN. The van der Waals surface area contributed by atoms with Crippen molar-refractivity contribution in [2.45, 2.75) is 12.8 Å². The van der Waals surface area contributed by atoms with Gasteiger partial charge in [0.1, 0.15) is 0 Å². The third kappa shape index (κ3) is 4.37. The van der Waals surface area contributed by atoms with E-state index in [2.05, 4.69) is 24.3 Å². The van der Waals surface area contributed by atoms with E-state index in [1.54, 1.807) is 0 Å². The molecule has 0 atom stereocenters. The minimum Gasteiger partial charge on any atom is -0.330 e. The van der Waals surface area contributed by atoms with Crippen LogP contribution in [0.4, 0.5) is 0 Å². The molecule has 2 N–H and O–H groups in total. The molecule has 2 heteroatoms. The quantitative estimate of drug-likeness (QED) is 0.831. The number of hydrogen-bond donors (Lipinski definition) is 1. The van der Waals surface area contributed by atoms with Gasteiger partial charge in [-0.15, -0.1) is 24.0 Å². The van der Waals surface area contributed by atoms with E-state index in [1.165, 1.54) is 5.56 Å². The number of nitrogens with two attached hydrogens (primary N) is 1. The Bertz CT molecular complexity index is 174. The average molecular weight is 263 g/mol. The van der Waals surface area contributed by atoms with Gasteiger partial charge in [0.15, 0.2) is 0 Å². The maximum absolute atomic E-state index is 5.38. The van der Waals surface area contributed by atoms with Gasteiger partial charge in [0, 0.05) is 0 Å². The van der Waals surface area contributed by atoms with Crippen molar-refractivity contribution in [1.29, 1.82) is 0 Å². The van der Waals surface area contributed by atoms with E-state index >= 15 is 0 Å². The summed E-state index contributed by atoms with van der Waals surface area (Å²) in [4.78, 5) is 0. The fourth-order valence-corrected chi connectivity index (χ4v) is 0.951. The smallest absolute Gasteiger partial charge is 0.00741 e. The lowest BCUT2D eigenvalue weighted by atomic mass is 10.1. The first-order valence-electron chi connectivity index (χ1n) is 3.67. The maximum Gasteiger partial charge on any atom is -0.00741 e. The van der Waals surface area contributed by atoms with Crippen LogP contribution in [0, 0.1) is 0 Å². The molecule has 11 heavy (non-hydrogen) atoms. The molecule has 62 valence electrons. The standard InChI is InChI=1S/C9H13N.HI/c10-8-4-7-9-5-2-1-3-6-9;/h1-3,5-6H,4,7-8,10H2;1H. The molecule has 0 aliphatic rings. The predicted octanol–water partition coefficient (Wildman–Crippen LogP) is 2.20. The van der Waals surface area contributed by atoms with Crippen molar-refractivity contribution >= 4 is 24.0 Å². The predicted molar refractivity (Wildman–Crippen MR) is 59.2 cm³/mol. The normalized spacial score (nSPS) is 8.82. The van der Waals surface area contributed by atoms with Crippen LogP contribution >= 0.6 is 24.0 Å². The summed E-state index contributed by atoms with van der Waals surface area (Å²) in [7, 11) is 0. The number of aryl methyl sites for hydroxylation is 1. The molecule has 0 unspecified atom stereocenters. The van der Waals surface area contributed by atoms with E-state index in [4.69, 9.17) is 5.73 Å². The van der Waals surface area contributed by atoms with Crippen LogP contribution in [0.15, 0.2) is 30.3 Å². The van der Waals surface area contributed by atoms with Gasteiger partial charge in [-0.25, -0.2) is 0 Å². The molecule has 0 saturated carbocycles. The molecule has 0 bridgehead atoms. The van der Waals surface area contributed by atoms with Crippen LogP contribution in [0.5, 0.6) is 0 Å². The van der Waals surface area contributed by atoms with Gasteiger partial charge in [0.05, 0.1) is 0 Å². The molecule has 1 aromatic rings. The molecule has 0 fully saturated rings. The molecular weight excluding hydrogens is 249 g/mol. The van der Waals surface area contributed by atoms with E-state index < -0.39 is 0 Å². The molecule has 0 heterocycles. The molecule has 0 aliphatic carbocycles. The first-order chi connectivity index (χ1) is 4.93. The highest BCUT2D eigenvalue weighted by Gasteiger charge is 1.87. The number of rotatable bonds is 3. The van der Waals surface area contributed by atoms with Crippen LogP contribution < -0.4 is 5.73 Å². The van der Waals surface area contributed by atoms with Crippen LogP contribution in [-0.4, -0.2) is 6.54 Å². The van der Waals surface area contributed by atoms with Gasteiger partial charge in [-0.3, -0.25) is 0 Å². The summed E-state index contributed by atoms with van der Waals surface area (Å²) in [5, 5.41) is 0. The van der Waals surface area contributed by atoms with Gasteiger partial charge >= 0.3 is 0 Å². The Balaban J connectivity index is 0.000001000. The summed E-state index contributed by atoms with van der Waals surface area (Å²) in [5.41, 5.74) is 6.76. The molecule has 0 spiro atoms. The van der Waals surface area contributed by atoms with Crippen molar-refractivity contribution in [2.75, 3.05) is 6.54 Å². The highest BCUT2D eigenvalue weighted by Crippen LogP contribution is 2.00. The van der Waals surface area contributed by atoms with E-state index in [-0.39, 0.29) is 24.0 Å². The van der Waals surface area contributed by atoms with Crippen molar-refractivity contribution in [1.82, 2.24) is 0 Å². The lowest BCUT2D eigenvalue weighted by Gasteiger charge is -1.96. The lowest BCUT2D eigenvalue weighted by molar-refractivity contribution is 0.833. The highest BCUT2D eigenvalue weighted by molar-refractivity contribution is 14.0. The number of halogens is 1. The monoisotopic (exact) mass is 263 g/mol. The summed E-state index contributed by atoms with van der Waals surface area (Å²) in [6.07, 6.45) is 2.20. The van der Waals surface area contributed by atoms with Crippen molar-refractivity contribution in [3.63, 3.8) is 0 Å². The van der Waals surface area contributed by atoms with Crippen LogP contribution in [0.1, 0.15) is 12.0 Å². The zero-order valence-electron chi connectivity index (χ0n) is 6.49. The summed E-state index contributed by atoms with van der Waals surface area (Å²) in [5.74, 6) is 0. The van der Waals surface area contributed by atoms with E-state index in [9.17, 15) is 0 Å². The summed E-state index contributed by atoms with van der Waals surface area (Å²) in [6, 6.07) is 10.4. The summed E-state index contributed by atoms with van der Waals surface area (Å²) in [6.45, 7) is 0.787. The van der Waals surface area contributed by atoms with E-state index in [0.717, 1.165) is 19.4 Å². The Kier molecular flexibility index (Phi) is 6.56. The van der Waals surface area contributed by atoms with Crippen LogP contribution in [-0.2, 0) is 6.42 Å². The van der Waals surface area contributed by atoms with Gasteiger partial charge in [-0.1, -0.05) is 30.3 Å². The Morgan fingerprint density at radius 2 is 1.73 bits per heavy atom. The third-order valence-corrected chi connectivity index (χ3v) is 1.51. The molecule has 0 aromatic heterocycles. The molecule has 0 aliphatic heterocycles. The second-order valence-corrected chi connectivity index (χ2v) is 2.38. The Hall–Kier alpha value is -0.0900. The van der Waals surface area contributed by atoms with Gasteiger partial charge in [0.25, 0.3) is 0 Å². The van der Waals surface area contributed by atoms with Gasteiger partial charge in [-0.05, 0) is 24.9 Å². The van der Waals surface area contributed by atoms with Crippen molar-refractivity contribution in [2.24, 2.45) is 5.73 Å². The fourth-order valence-electron chi connectivity index (χ4n) is 0.951. The second kappa shape index (κ2) is 6.61. The first-order valence-corrected chi connectivity index (χ1v) is 3.67. The van der Waals surface area contributed by atoms with Crippen LogP contribution in [0.2, 0.25) is 0 Å². The topological polar surface area (TPSA) is 26.0 Å². The van der Waals surface area contributed by atoms with Crippen LogP contribution in [0.25, 0.3) is 0 Å². The van der Waals surface area contributed by atoms with E-state index in [0.29, 0.717) is 0 Å². The first kappa shape index (κ1) is 10.9.